The van der Waals surface area contributed by atoms with Crippen molar-refractivity contribution in [3.63, 3.8) is 0 Å². The van der Waals surface area contributed by atoms with Gasteiger partial charge in [0.2, 0.25) is 5.91 Å². The predicted molar refractivity (Wildman–Crippen MR) is 83.5 cm³/mol. The van der Waals surface area contributed by atoms with Gasteiger partial charge in [0.05, 0.1) is 24.4 Å². The lowest BCUT2D eigenvalue weighted by atomic mass is 10.2. The van der Waals surface area contributed by atoms with Gasteiger partial charge in [-0.05, 0) is 37.4 Å². The van der Waals surface area contributed by atoms with Crippen molar-refractivity contribution in [2.45, 2.75) is 26.3 Å². The molecule has 1 atom stereocenters. The summed E-state index contributed by atoms with van der Waals surface area (Å²) in [7, 11) is 0. The Hall–Kier alpha value is -2.34. The summed E-state index contributed by atoms with van der Waals surface area (Å²) in [5, 5.41) is 4.96. The van der Waals surface area contributed by atoms with Gasteiger partial charge in [-0.25, -0.2) is 4.98 Å². The van der Waals surface area contributed by atoms with Crippen molar-refractivity contribution >= 4 is 17.2 Å². The molecule has 3 heterocycles. The SMILES string of the molecule is Cc1oc(-c2ccco2)nc1CC(=O)NC(C)c1cccs1. The molecule has 3 rings (SSSR count). The number of rotatable bonds is 5. The van der Waals surface area contributed by atoms with Gasteiger partial charge in [-0.1, -0.05) is 6.07 Å². The van der Waals surface area contributed by atoms with E-state index in [0.29, 0.717) is 23.1 Å². The molecule has 3 aromatic heterocycles. The van der Waals surface area contributed by atoms with E-state index in [1.807, 2.05) is 24.4 Å². The molecule has 1 unspecified atom stereocenters. The lowest BCUT2D eigenvalue weighted by Gasteiger charge is -2.11. The first-order valence-corrected chi connectivity index (χ1v) is 7.84. The Morgan fingerprint density at radius 2 is 2.27 bits per heavy atom. The summed E-state index contributed by atoms with van der Waals surface area (Å²) < 4.78 is 10.8. The van der Waals surface area contributed by atoms with Gasteiger partial charge in [0.15, 0.2) is 5.76 Å². The average molecular weight is 316 g/mol. The van der Waals surface area contributed by atoms with Gasteiger partial charge >= 0.3 is 0 Å². The van der Waals surface area contributed by atoms with Crippen molar-refractivity contribution < 1.29 is 13.6 Å². The zero-order chi connectivity index (χ0) is 15.5. The Morgan fingerprint density at radius 1 is 1.41 bits per heavy atom. The highest BCUT2D eigenvalue weighted by molar-refractivity contribution is 7.10. The number of hydrogen-bond donors (Lipinski definition) is 1. The van der Waals surface area contributed by atoms with Crippen LogP contribution in [0.1, 0.15) is 29.3 Å². The molecule has 0 bridgehead atoms. The van der Waals surface area contributed by atoms with Crippen molar-refractivity contribution in [1.29, 1.82) is 0 Å². The quantitative estimate of drug-likeness (QED) is 0.779. The molecule has 0 radical (unpaired) electrons. The number of oxazole rings is 1. The smallest absolute Gasteiger partial charge is 0.263 e. The van der Waals surface area contributed by atoms with E-state index < -0.39 is 0 Å². The fourth-order valence-corrected chi connectivity index (χ4v) is 2.89. The molecule has 0 saturated carbocycles. The van der Waals surface area contributed by atoms with Gasteiger partial charge < -0.3 is 14.2 Å². The molecule has 6 heteroatoms. The number of nitrogens with one attached hydrogen (secondary N) is 1. The molecule has 0 fully saturated rings. The van der Waals surface area contributed by atoms with Gasteiger partial charge in [0, 0.05) is 4.88 Å². The van der Waals surface area contributed by atoms with Crippen LogP contribution in [-0.4, -0.2) is 10.9 Å². The van der Waals surface area contributed by atoms with Crippen molar-refractivity contribution in [1.82, 2.24) is 10.3 Å². The molecule has 1 amide bonds. The second-order valence-corrected chi connectivity index (χ2v) is 5.96. The molecular weight excluding hydrogens is 300 g/mol. The Balaban J connectivity index is 1.67. The number of nitrogens with zero attached hydrogens (tertiary/aromatic N) is 1. The van der Waals surface area contributed by atoms with Crippen molar-refractivity contribution in [3.05, 3.63) is 52.2 Å². The van der Waals surface area contributed by atoms with Gasteiger partial charge in [-0.15, -0.1) is 11.3 Å². The highest BCUT2D eigenvalue weighted by Gasteiger charge is 2.17. The molecule has 0 aliphatic rings. The second-order valence-electron chi connectivity index (χ2n) is 4.98. The first-order chi connectivity index (χ1) is 10.6. The summed E-state index contributed by atoms with van der Waals surface area (Å²) in [6, 6.07) is 7.51. The van der Waals surface area contributed by atoms with Crippen LogP contribution in [0.2, 0.25) is 0 Å². The van der Waals surface area contributed by atoms with E-state index in [4.69, 9.17) is 8.83 Å². The maximum atomic E-state index is 12.2. The van der Waals surface area contributed by atoms with Gasteiger partial charge in [-0.2, -0.15) is 0 Å². The third kappa shape index (κ3) is 3.12. The number of amides is 1. The molecule has 114 valence electrons. The third-order valence-electron chi connectivity index (χ3n) is 3.30. The average Bonchev–Trinajstić information content (AvgIpc) is 3.19. The van der Waals surface area contributed by atoms with Crippen LogP contribution in [0.5, 0.6) is 0 Å². The number of aryl methyl sites for hydroxylation is 1. The minimum Gasteiger partial charge on any atom is -0.459 e. The minimum atomic E-state index is -0.0803. The van der Waals surface area contributed by atoms with Gasteiger partial charge in [-0.3, -0.25) is 4.79 Å². The first-order valence-electron chi connectivity index (χ1n) is 6.96. The monoisotopic (exact) mass is 316 g/mol. The largest absolute Gasteiger partial charge is 0.459 e. The Morgan fingerprint density at radius 3 is 2.95 bits per heavy atom. The van der Waals surface area contributed by atoms with E-state index in [1.54, 1.807) is 36.7 Å². The van der Waals surface area contributed by atoms with E-state index in [1.165, 1.54) is 0 Å². The molecule has 3 aromatic rings. The number of aromatic nitrogens is 1. The Bertz CT molecular complexity index is 745. The van der Waals surface area contributed by atoms with Crippen LogP contribution in [0.25, 0.3) is 11.7 Å². The number of hydrogen-bond acceptors (Lipinski definition) is 5. The molecule has 5 nitrogen and oxygen atoms in total. The summed E-state index contributed by atoms with van der Waals surface area (Å²) in [4.78, 5) is 17.6. The van der Waals surface area contributed by atoms with Crippen LogP contribution in [0.3, 0.4) is 0 Å². The Labute approximate surface area is 132 Å². The Kier molecular flexibility index (Phi) is 4.11. The van der Waals surface area contributed by atoms with E-state index in [2.05, 4.69) is 10.3 Å². The second kappa shape index (κ2) is 6.19. The standard InChI is InChI=1S/C16H16N2O3S/c1-10(14-6-4-8-22-14)17-15(19)9-12-11(2)21-16(18-12)13-5-3-7-20-13/h3-8,10H,9H2,1-2H3,(H,17,19). The summed E-state index contributed by atoms with van der Waals surface area (Å²) >= 11 is 1.62. The van der Waals surface area contributed by atoms with Crippen LogP contribution in [0.15, 0.2) is 44.7 Å². The highest BCUT2D eigenvalue weighted by atomic mass is 32.1. The number of carbonyl (C=O) groups excluding carboxylic acids is 1. The number of thiophene rings is 1. The highest BCUT2D eigenvalue weighted by Crippen LogP contribution is 2.23. The molecule has 0 aliphatic carbocycles. The van der Waals surface area contributed by atoms with E-state index >= 15 is 0 Å². The van der Waals surface area contributed by atoms with Crippen molar-refractivity contribution in [2.24, 2.45) is 0 Å². The fourth-order valence-electron chi connectivity index (χ4n) is 2.15. The van der Waals surface area contributed by atoms with Gasteiger partial charge in [0.1, 0.15) is 5.76 Å². The lowest BCUT2D eigenvalue weighted by Crippen LogP contribution is -2.27. The van der Waals surface area contributed by atoms with Crippen LogP contribution in [0, 0.1) is 6.92 Å². The van der Waals surface area contributed by atoms with Crippen LogP contribution >= 0.6 is 11.3 Å². The van der Waals surface area contributed by atoms with Crippen LogP contribution in [-0.2, 0) is 11.2 Å². The molecule has 22 heavy (non-hydrogen) atoms. The molecule has 0 saturated heterocycles. The molecule has 1 N–H and O–H groups in total. The van der Waals surface area contributed by atoms with Gasteiger partial charge in [0.25, 0.3) is 5.89 Å². The molecule has 0 aromatic carbocycles. The zero-order valence-corrected chi connectivity index (χ0v) is 13.1. The summed E-state index contributed by atoms with van der Waals surface area (Å²) in [5.74, 6) is 1.51. The number of carbonyl (C=O) groups is 1. The topological polar surface area (TPSA) is 68.3 Å². The van der Waals surface area contributed by atoms with E-state index in [9.17, 15) is 4.79 Å². The summed E-state index contributed by atoms with van der Waals surface area (Å²) in [6.45, 7) is 3.76. The molecule has 0 aliphatic heterocycles. The van der Waals surface area contributed by atoms with E-state index in [-0.39, 0.29) is 18.4 Å². The zero-order valence-electron chi connectivity index (χ0n) is 12.3. The van der Waals surface area contributed by atoms with Crippen molar-refractivity contribution in [3.8, 4) is 11.7 Å². The molecular formula is C16H16N2O3S. The lowest BCUT2D eigenvalue weighted by molar-refractivity contribution is -0.121. The van der Waals surface area contributed by atoms with Crippen LogP contribution < -0.4 is 5.32 Å². The van der Waals surface area contributed by atoms with E-state index in [0.717, 1.165) is 4.88 Å². The maximum absolute atomic E-state index is 12.2. The summed E-state index contributed by atoms with van der Waals surface area (Å²) in [5.41, 5.74) is 0.627. The van der Waals surface area contributed by atoms with Crippen LogP contribution in [0.4, 0.5) is 0 Å². The maximum Gasteiger partial charge on any atom is 0.263 e. The first kappa shape index (κ1) is 14.6. The van der Waals surface area contributed by atoms with Crippen molar-refractivity contribution in [2.75, 3.05) is 0 Å². The predicted octanol–water partition coefficient (Wildman–Crippen LogP) is 3.72. The fraction of sp³-hybridized carbons (Fsp3) is 0.250. The minimum absolute atomic E-state index is 0.00995. The summed E-state index contributed by atoms with van der Waals surface area (Å²) in [6.07, 6.45) is 1.75. The normalized spacial score (nSPS) is 12.3. The third-order valence-corrected chi connectivity index (χ3v) is 4.36. The number of furan rings is 1. The molecule has 0 spiro atoms.